The third-order valence-corrected chi connectivity index (χ3v) is 3.40. The molecule has 1 saturated heterocycles. The molecular formula is C6H9NNa3O4PS. The summed E-state index contributed by atoms with van der Waals surface area (Å²) in [5.41, 5.74) is 0. The van der Waals surface area contributed by atoms with Crippen molar-refractivity contribution in [3.05, 3.63) is 0 Å². The summed E-state index contributed by atoms with van der Waals surface area (Å²) in [5, 5.41) is 13.0. The Morgan fingerprint density at radius 2 is 1.88 bits per heavy atom. The molecule has 2 unspecified atom stereocenters. The molecule has 0 bridgehead atoms. The van der Waals surface area contributed by atoms with Crippen molar-refractivity contribution < 1.29 is 108 Å². The van der Waals surface area contributed by atoms with Gasteiger partial charge in [-0.05, 0) is 25.0 Å². The zero-order valence-electron chi connectivity index (χ0n) is 9.76. The summed E-state index contributed by atoms with van der Waals surface area (Å²) in [6, 6.07) is -0.730. The summed E-state index contributed by atoms with van der Waals surface area (Å²) in [7, 11) is 0. The smallest absolute Gasteiger partial charge is 0.832 e. The second-order valence-electron chi connectivity index (χ2n) is 3.18. The predicted octanol–water partition coefficient (Wildman–Crippen LogP) is -12.2. The largest absolute Gasteiger partial charge is 1.00 e. The topological polar surface area (TPSA) is 98.3 Å². The van der Waals surface area contributed by atoms with E-state index in [2.05, 4.69) is 17.1 Å². The molecule has 0 spiro atoms. The van der Waals surface area contributed by atoms with Crippen LogP contribution in [0.15, 0.2) is 0 Å². The second kappa shape index (κ2) is 10.7. The first-order chi connectivity index (χ1) is 5.88. The Morgan fingerprint density at radius 3 is 2.19 bits per heavy atom. The molecule has 1 aliphatic heterocycles. The van der Waals surface area contributed by atoms with E-state index in [0.717, 1.165) is 0 Å². The molecule has 1 heterocycles. The average molecular weight is 291 g/mol. The third kappa shape index (κ3) is 9.87. The van der Waals surface area contributed by atoms with Crippen LogP contribution in [0.3, 0.4) is 0 Å². The first-order valence-electron chi connectivity index (χ1n) is 3.84. The second-order valence-corrected chi connectivity index (χ2v) is 6.43. The first-order valence-corrected chi connectivity index (χ1v) is 6.66. The van der Waals surface area contributed by atoms with E-state index in [9.17, 15) is 19.7 Å². The predicted molar refractivity (Wildman–Crippen MR) is 44.1 cm³/mol. The number of nitrogens with one attached hydrogen (secondary N) is 1. The summed E-state index contributed by atoms with van der Waals surface area (Å²) >= 11 is 4.23. The summed E-state index contributed by atoms with van der Waals surface area (Å²) in [4.78, 5) is 31.8. The number of hydrogen-bond donors (Lipinski definition) is 1. The summed E-state index contributed by atoms with van der Waals surface area (Å²) in [5.74, 6) is -1.38. The molecule has 2 atom stereocenters. The van der Waals surface area contributed by atoms with Crippen LogP contribution in [0.25, 0.3) is 0 Å². The van der Waals surface area contributed by atoms with Crippen LogP contribution in [-0.2, 0) is 16.6 Å². The van der Waals surface area contributed by atoms with Crippen molar-refractivity contribution in [2.24, 2.45) is 5.92 Å². The molecule has 1 aliphatic rings. The van der Waals surface area contributed by atoms with E-state index in [1.54, 1.807) is 0 Å². The molecule has 16 heavy (non-hydrogen) atoms. The molecule has 0 saturated carbocycles. The molecule has 1 rings (SSSR count). The number of aliphatic carboxylic acids is 1. The quantitative estimate of drug-likeness (QED) is 0.409. The van der Waals surface area contributed by atoms with Crippen LogP contribution in [0.1, 0.15) is 6.42 Å². The van der Waals surface area contributed by atoms with E-state index in [4.69, 9.17) is 0 Å². The van der Waals surface area contributed by atoms with E-state index in [1.165, 1.54) is 0 Å². The van der Waals surface area contributed by atoms with Crippen LogP contribution in [0, 0.1) is 5.92 Å². The van der Waals surface area contributed by atoms with Gasteiger partial charge in [-0.1, -0.05) is 0 Å². The van der Waals surface area contributed by atoms with Gasteiger partial charge in [-0.3, -0.25) is 0 Å². The van der Waals surface area contributed by atoms with Crippen molar-refractivity contribution in [3.8, 4) is 0 Å². The molecule has 0 aromatic heterocycles. The molecule has 0 radical (unpaired) electrons. The SMILES string of the molecule is O=C([O-])C1CC(CP([O-])([O-])=S)CN1.[Na+].[Na+].[Na+]. The van der Waals surface area contributed by atoms with Crippen molar-refractivity contribution in [3.63, 3.8) is 0 Å². The van der Waals surface area contributed by atoms with Gasteiger partial charge in [0.15, 0.2) is 0 Å². The van der Waals surface area contributed by atoms with Gasteiger partial charge >= 0.3 is 88.7 Å². The van der Waals surface area contributed by atoms with Crippen molar-refractivity contribution >= 4 is 24.3 Å². The van der Waals surface area contributed by atoms with E-state index in [0.29, 0.717) is 6.54 Å². The standard InChI is InChI=1S/C6H12NO4PS.3Na/c8-6(9)5-1-4(2-7-5)3-12(10,11)13;;;/h4-5,7H,1-3H2,(H,8,9)(H2,10,11,13);;;/q;3*+1/p-3. The van der Waals surface area contributed by atoms with Crippen LogP contribution < -0.4 is 109 Å². The first kappa shape index (κ1) is 24.0. The summed E-state index contributed by atoms with van der Waals surface area (Å²) in [6.45, 7) is -3.32. The van der Waals surface area contributed by atoms with Gasteiger partial charge < -0.3 is 25.0 Å². The minimum atomic E-state index is -3.69. The molecule has 5 nitrogen and oxygen atoms in total. The van der Waals surface area contributed by atoms with Crippen LogP contribution in [0.4, 0.5) is 0 Å². The number of rotatable bonds is 3. The molecule has 0 aliphatic carbocycles. The van der Waals surface area contributed by atoms with E-state index in [-0.39, 0.29) is 107 Å². The number of hydrogen-bond acceptors (Lipinski definition) is 6. The van der Waals surface area contributed by atoms with Gasteiger partial charge in [0.1, 0.15) is 0 Å². The molecule has 0 aromatic rings. The van der Waals surface area contributed by atoms with Gasteiger partial charge in [-0.2, -0.15) is 0 Å². The van der Waals surface area contributed by atoms with Crippen molar-refractivity contribution in [2.75, 3.05) is 12.7 Å². The fourth-order valence-corrected chi connectivity index (χ4v) is 2.99. The molecule has 10 heteroatoms. The van der Waals surface area contributed by atoms with Crippen molar-refractivity contribution in [1.29, 1.82) is 0 Å². The van der Waals surface area contributed by atoms with E-state index >= 15 is 0 Å². The van der Waals surface area contributed by atoms with Gasteiger partial charge in [0.2, 0.25) is 0 Å². The minimum Gasteiger partial charge on any atom is -0.832 e. The summed E-state index contributed by atoms with van der Waals surface area (Å²) in [6.07, 6.45) is 0.171. The van der Waals surface area contributed by atoms with Crippen molar-refractivity contribution in [2.45, 2.75) is 12.5 Å². The maximum Gasteiger partial charge on any atom is 1.00 e. The van der Waals surface area contributed by atoms with Gasteiger partial charge in [0.05, 0.1) is 5.97 Å². The van der Waals surface area contributed by atoms with Gasteiger partial charge in [0, 0.05) is 6.04 Å². The average Bonchev–Trinajstić information content (AvgIpc) is 2.31. The number of carboxylic acids is 1. The number of carboxylic acid groups (broad SMARTS) is 1. The minimum absolute atomic E-state index is 0. The van der Waals surface area contributed by atoms with E-state index < -0.39 is 18.5 Å². The Morgan fingerprint density at radius 1 is 1.38 bits per heavy atom. The maximum absolute atomic E-state index is 10.7. The fraction of sp³-hybridized carbons (Fsp3) is 0.833. The molecule has 0 aromatic carbocycles. The Bertz CT molecular complexity index is 264. The zero-order valence-corrected chi connectivity index (χ0v) is 17.5. The number of carbonyl (C=O) groups is 1. The van der Waals surface area contributed by atoms with Gasteiger partial charge in [0.25, 0.3) is 0 Å². The van der Waals surface area contributed by atoms with Crippen LogP contribution in [-0.4, -0.2) is 24.7 Å². The van der Waals surface area contributed by atoms with Crippen LogP contribution in [0.5, 0.6) is 0 Å². The Balaban J connectivity index is -0.000000563. The van der Waals surface area contributed by atoms with Gasteiger partial charge in [-0.15, -0.1) is 11.8 Å². The van der Waals surface area contributed by atoms with Crippen molar-refractivity contribution in [1.82, 2.24) is 5.32 Å². The Kier molecular flexibility index (Phi) is 16.2. The fourth-order valence-electron chi connectivity index (χ4n) is 1.44. The molecule has 0 amide bonds. The van der Waals surface area contributed by atoms with Crippen LogP contribution in [0.2, 0.25) is 0 Å². The van der Waals surface area contributed by atoms with Gasteiger partial charge in [-0.25, -0.2) is 6.49 Å². The number of carbonyl (C=O) groups excluding carboxylic acids is 1. The zero-order chi connectivity index (χ0) is 10.1. The van der Waals surface area contributed by atoms with Crippen LogP contribution >= 0.6 is 6.49 Å². The molecule has 1 fully saturated rings. The Hall–Kier alpha value is 3.00. The third-order valence-electron chi connectivity index (χ3n) is 1.99. The molecule has 1 N–H and O–H groups in total. The molecule has 76 valence electrons. The maximum atomic E-state index is 10.7. The normalized spacial score (nSPS) is 23.6. The Labute approximate surface area is 166 Å². The van der Waals surface area contributed by atoms with E-state index in [1.807, 2.05) is 0 Å². The molecular weight excluding hydrogens is 282 g/mol. The monoisotopic (exact) mass is 291 g/mol. The summed E-state index contributed by atoms with van der Waals surface area (Å²) < 4.78 is 0.